The predicted molar refractivity (Wildman–Crippen MR) is 116 cm³/mol. The van der Waals surface area contributed by atoms with E-state index in [9.17, 15) is 14.7 Å². The number of likely N-dealkylation sites (N-methyl/N-ethyl adjacent to an activating group) is 1. The van der Waals surface area contributed by atoms with E-state index in [0.29, 0.717) is 5.69 Å². The van der Waals surface area contributed by atoms with Crippen LogP contribution >= 0.6 is 0 Å². The first kappa shape index (κ1) is 22.7. The first-order chi connectivity index (χ1) is 14.7. The van der Waals surface area contributed by atoms with Crippen molar-refractivity contribution in [3.8, 4) is 11.3 Å². The van der Waals surface area contributed by atoms with E-state index in [-0.39, 0.29) is 24.8 Å². The highest BCUT2D eigenvalue weighted by molar-refractivity contribution is 5.90. The maximum absolute atomic E-state index is 13.6. The SMILES string of the molecule is CCNc1cc(-c2cn([C@H](C(=O)N3C[C@H](O)C[C@H]3C(=O)NC)C(C)(C)C)nn2)ccn1. The largest absolute Gasteiger partial charge is 0.391 e. The number of hydrogen-bond donors (Lipinski definition) is 3. The summed E-state index contributed by atoms with van der Waals surface area (Å²) in [6.07, 6.45) is 2.91. The van der Waals surface area contributed by atoms with Gasteiger partial charge in [0.15, 0.2) is 0 Å². The molecule has 3 atom stereocenters. The lowest BCUT2D eigenvalue weighted by Crippen LogP contribution is -2.49. The Morgan fingerprint density at radius 2 is 2.10 bits per heavy atom. The second-order valence-electron chi connectivity index (χ2n) is 8.82. The van der Waals surface area contributed by atoms with Gasteiger partial charge in [-0.05, 0) is 24.5 Å². The first-order valence-corrected chi connectivity index (χ1v) is 10.5. The Kier molecular flexibility index (Phi) is 6.59. The number of aliphatic hydroxyl groups excluding tert-OH is 1. The van der Waals surface area contributed by atoms with Crippen LogP contribution in [0.25, 0.3) is 11.3 Å². The van der Waals surface area contributed by atoms with Crippen molar-refractivity contribution in [1.29, 1.82) is 0 Å². The monoisotopic (exact) mass is 429 g/mol. The van der Waals surface area contributed by atoms with E-state index in [1.54, 1.807) is 17.1 Å². The standard InChI is InChI=1S/C21H31N7O3/c1-6-23-17-9-13(7-8-24-17)15-12-28(26-25-15)18(21(2,3)4)20(31)27-11-14(29)10-16(27)19(30)22-5/h7-9,12,14,16,18,29H,6,10-11H2,1-5H3,(H,22,30)(H,23,24)/t14-,16+,18-/m1/s1. The Morgan fingerprint density at radius 1 is 1.35 bits per heavy atom. The number of carbonyl (C=O) groups is 2. The molecule has 0 saturated carbocycles. The summed E-state index contributed by atoms with van der Waals surface area (Å²) in [6.45, 7) is 8.67. The molecule has 1 saturated heterocycles. The zero-order valence-electron chi connectivity index (χ0n) is 18.7. The summed E-state index contributed by atoms with van der Waals surface area (Å²) in [5.74, 6) is 0.180. The van der Waals surface area contributed by atoms with Crippen LogP contribution in [0, 0.1) is 5.41 Å². The van der Waals surface area contributed by atoms with Crippen LogP contribution in [-0.4, -0.2) is 74.1 Å². The highest BCUT2D eigenvalue weighted by Gasteiger charge is 2.45. The number of likely N-dealkylation sites (tertiary alicyclic amines) is 1. The van der Waals surface area contributed by atoms with Crippen LogP contribution in [0.5, 0.6) is 0 Å². The van der Waals surface area contributed by atoms with Crippen LogP contribution < -0.4 is 10.6 Å². The van der Waals surface area contributed by atoms with Crippen molar-refractivity contribution in [2.24, 2.45) is 5.41 Å². The second kappa shape index (κ2) is 9.01. The fraction of sp³-hybridized carbons (Fsp3) is 0.571. The molecule has 1 aliphatic heterocycles. The lowest BCUT2D eigenvalue weighted by atomic mass is 9.85. The summed E-state index contributed by atoms with van der Waals surface area (Å²) >= 11 is 0. The molecule has 2 aromatic rings. The van der Waals surface area contributed by atoms with Crippen LogP contribution in [0.1, 0.15) is 40.2 Å². The molecule has 168 valence electrons. The zero-order valence-corrected chi connectivity index (χ0v) is 18.7. The molecule has 3 heterocycles. The molecule has 10 heteroatoms. The van der Waals surface area contributed by atoms with Gasteiger partial charge in [0.25, 0.3) is 0 Å². The molecular formula is C21H31N7O3. The van der Waals surface area contributed by atoms with Gasteiger partial charge >= 0.3 is 0 Å². The number of aromatic nitrogens is 4. The lowest BCUT2D eigenvalue weighted by Gasteiger charge is -2.34. The Bertz CT molecular complexity index is 937. The van der Waals surface area contributed by atoms with Crippen molar-refractivity contribution in [2.75, 3.05) is 25.5 Å². The molecule has 10 nitrogen and oxygen atoms in total. The first-order valence-electron chi connectivity index (χ1n) is 10.5. The fourth-order valence-electron chi connectivity index (χ4n) is 3.91. The molecule has 3 rings (SSSR count). The maximum atomic E-state index is 13.6. The van der Waals surface area contributed by atoms with E-state index in [2.05, 4.69) is 25.9 Å². The van der Waals surface area contributed by atoms with Gasteiger partial charge in [0.1, 0.15) is 23.6 Å². The highest BCUT2D eigenvalue weighted by atomic mass is 16.3. The Balaban J connectivity index is 1.93. The van der Waals surface area contributed by atoms with Crippen molar-refractivity contribution >= 4 is 17.6 Å². The number of pyridine rings is 1. The molecule has 2 amide bonds. The van der Waals surface area contributed by atoms with Gasteiger partial charge in [0.05, 0.1) is 12.3 Å². The average molecular weight is 430 g/mol. The molecule has 31 heavy (non-hydrogen) atoms. The van der Waals surface area contributed by atoms with Crippen molar-refractivity contribution < 1.29 is 14.7 Å². The van der Waals surface area contributed by atoms with E-state index >= 15 is 0 Å². The van der Waals surface area contributed by atoms with E-state index in [1.165, 1.54) is 11.9 Å². The zero-order chi connectivity index (χ0) is 22.8. The van der Waals surface area contributed by atoms with Gasteiger partial charge in [-0.25, -0.2) is 9.67 Å². The van der Waals surface area contributed by atoms with Crippen molar-refractivity contribution in [2.45, 2.75) is 52.3 Å². The number of amides is 2. The van der Waals surface area contributed by atoms with Gasteiger partial charge in [-0.15, -0.1) is 5.10 Å². The van der Waals surface area contributed by atoms with E-state index in [0.717, 1.165) is 17.9 Å². The minimum Gasteiger partial charge on any atom is -0.391 e. The third kappa shape index (κ3) is 4.84. The second-order valence-corrected chi connectivity index (χ2v) is 8.82. The molecule has 2 aromatic heterocycles. The van der Waals surface area contributed by atoms with Crippen molar-refractivity contribution in [3.05, 3.63) is 24.5 Å². The third-order valence-corrected chi connectivity index (χ3v) is 5.35. The summed E-state index contributed by atoms with van der Waals surface area (Å²) < 4.78 is 1.55. The molecule has 0 aliphatic carbocycles. The van der Waals surface area contributed by atoms with Gasteiger partial charge in [0, 0.05) is 38.3 Å². The van der Waals surface area contributed by atoms with E-state index in [4.69, 9.17) is 0 Å². The number of nitrogens with zero attached hydrogens (tertiary/aromatic N) is 5. The molecule has 1 fully saturated rings. The van der Waals surface area contributed by atoms with Gasteiger partial charge < -0.3 is 20.6 Å². The van der Waals surface area contributed by atoms with Gasteiger partial charge in [0.2, 0.25) is 11.8 Å². The third-order valence-electron chi connectivity index (χ3n) is 5.35. The number of rotatable bonds is 6. The van der Waals surface area contributed by atoms with Crippen LogP contribution in [0.4, 0.5) is 5.82 Å². The Hall–Kier alpha value is -3.01. The molecule has 0 aromatic carbocycles. The Morgan fingerprint density at radius 3 is 2.74 bits per heavy atom. The van der Waals surface area contributed by atoms with Crippen LogP contribution in [0.3, 0.4) is 0 Å². The topological polar surface area (TPSA) is 125 Å². The summed E-state index contributed by atoms with van der Waals surface area (Å²) in [6, 6.07) is 2.32. The number of anilines is 1. The van der Waals surface area contributed by atoms with E-state index < -0.39 is 23.6 Å². The maximum Gasteiger partial charge on any atom is 0.248 e. The van der Waals surface area contributed by atoms with Gasteiger partial charge in [-0.2, -0.15) is 0 Å². The average Bonchev–Trinajstić information content (AvgIpc) is 3.34. The van der Waals surface area contributed by atoms with Gasteiger partial charge in [-0.1, -0.05) is 26.0 Å². The molecule has 0 unspecified atom stereocenters. The molecule has 1 aliphatic rings. The summed E-state index contributed by atoms with van der Waals surface area (Å²) in [7, 11) is 1.52. The number of aliphatic hydroxyl groups is 1. The Labute approximate surface area is 182 Å². The minimum absolute atomic E-state index is 0.113. The summed E-state index contributed by atoms with van der Waals surface area (Å²) in [5, 5.41) is 24.4. The minimum atomic E-state index is -0.737. The predicted octanol–water partition coefficient (Wildman–Crippen LogP) is 1.07. The van der Waals surface area contributed by atoms with Crippen LogP contribution in [0.15, 0.2) is 24.5 Å². The summed E-state index contributed by atoms with van der Waals surface area (Å²) in [5.41, 5.74) is 0.945. The number of β-amino-alcohol motifs (C(OH)–C–C–N with tert-alkyl or cyclic N) is 1. The smallest absolute Gasteiger partial charge is 0.248 e. The molecule has 0 bridgehead atoms. The normalized spacial score (nSPS) is 19.9. The fourth-order valence-corrected chi connectivity index (χ4v) is 3.91. The molecule has 0 radical (unpaired) electrons. The number of nitrogens with one attached hydrogen (secondary N) is 2. The lowest BCUT2D eigenvalue weighted by molar-refractivity contribution is -0.144. The quantitative estimate of drug-likeness (QED) is 0.627. The van der Waals surface area contributed by atoms with Crippen molar-refractivity contribution in [3.63, 3.8) is 0 Å². The van der Waals surface area contributed by atoms with Crippen molar-refractivity contribution in [1.82, 2.24) is 30.2 Å². The molecular weight excluding hydrogens is 398 g/mol. The van der Waals surface area contributed by atoms with Crippen LogP contribution in [-0.2, 0) is 9.59 Å². The molecule has 3 N–H and O–H groups in total. The number of hydrogen-bond acceptors (Lipinski definition) is 7. The van der Waals surface area contributed by atoms with E-state index in [1.807, 2.05) is 39.8 Å². The van der Waals surface area contributed by atoms with Gasteiger partial charge in [-0.3, -0.25) is 9.59 Å². The molecule has 0 spiro atoms. The number of carbonyl (C=O) groups excluding carboxylic acids is 2. The van der Waals surface area contributed by atoms with Crippen LogP contribution in [0.2, 0.25) is 0 Å². The summed E-state index contributed by atoms with van der Waals surface area (Å²) in [4.78, 5) is 31.6. The highest BCUT2D eigenvalue weighted by Crippen LogP contribution is 2.35.